The molecule has 0 fully saturated rings. The van der Waals surface area contributed by atoms with Gasteiger partial charge in [-0.25, -0.2) is 0 Å². The lowest BCUT2D eigenvalue weighted by molar-refractivity contribution is 0.298. The predicted octanol–water partition coefficient (Wildman–Crippen LogP) is 7.65. The van der Waals surface area contributed by atoms with Gasteiger partial charge in [-0.3, -0.25) is 4.79 Å². The maximum Gasteiger partial charge on any atom is 0.235 e. The first-order valence-electron chi connectivity index (χ1n) is 8.51. The number of ether oxygens (including phenoxy) is 1. The Morgan fingerprint density at radius 1 is 0.793 bits per heavy atom. The second-order valence-corrected chi connectivity index (χ2v) is 7.98. The van der Waals surface area contributed by atoms with Crippen LogP contribution in [0.1, 0.15) is 5.56 Å². The minimum Gasteiger partial charge on any atom is -0.481 e. The predicted molar refractivity (Wildman–Crippen MR) is 119 cm³/mol. The van der Waals surface area contributed by atoms with E-state index in [-0.39, 0.29) is 17.8 Å². The van der Waals surface area contributed by atoms with Crippen molar-refractivity contribution < 1.29 is 9.15 Å². The van der Waals surface area contributed by atoms with Crippen molar-refractivity contribution in [3.8, 4) is 17.1 Å². The first kappa shape index (κ1) is 20.1. The van der Waals surface area contributed by atoms with Crippen LogP contribution in [0.15, 0.2) is 69.9 Å². The molecule has 146 valence electrons. The lowest BCUT2D eigenvalue weighted by Gasteiger charge is -2.13. The topological polar surface area (TPSA) is 39.4 Å². The highest BCUT2D eigenvalue weighted by molar-refractivity contribution is 6.35. The second-order valence-electron chi connectivity index (χ2n) is 6.26. The van der Waals surface area contributed by atoms with Crippen molar-refractivity contribution >= 4 is 57.4 Å². The van der Waals surface area contributed by atoms with E-state index < -0.39 is 0 Å². The van der Waals surface area contributed by atoms with Crippen molar-refractivity contribution in [2.24, 2.45) is 0 Å². The SMILES string of the molecule is O=c1c(OCc2ccc(Cl)cc2Cl)c(-c2ccc(Cl)cc2)oc2ccc(Cl)cc12. The maximum atomic E-state index is 13.2. The third-order valence-corrected chi connectivity index (χ3v) is 5.38. The van der Waals surface area contributed by atoms with E-state index in [1.54, 1.807) is 60.7 Å². The highest BCUT2D eigenvalue weighted by Crippen LogP contribution is 2.33. The fourth-order valence-electron chi connectivity index (χ4n) is 2.86. The van der Waals surface area contributed by atoms with E-state index in [1.807, 2.05) is 0 Å². The summed E-state index contributed by atoms with van der Waals surface area (Å²) in [5, 5.41) is 2.28. The fraction of sp³-hybridized carbons (Fsp3) is 0.0455. The molecule has 0 amide bonds. The zero-order valence-electron chi connectivity index (χ0n) is 14.7. The first-order chi connectivity index (χ1) is 13.9. The molecular formula is C22H12Cl4O3. The van der Waals surface area contributed by atoms with E-state index in [0.29, 0.717) is 47.9 Å². The summed E-state index contributed by atoms with van der Waals surface area (Å²) < 4.78 is 11.9. The summed E-state index contributed by atoms with van der Waals surface area (Å²) in [5.74, 6) is 0.361. The second kappa shape index (κ2) is 8.29. The first-order valence-corrected chi connectivity index (χ1v) is 10.0. The van der Waals surface area contributed by atoms with Crippen LogP contribution in [0.2, 0.25) is 20.1 Å². The molecule has 7 heteroatoms. The Bertz CT molecular complexity index is 1260. The lowest BCUT2D eigenvalue weighted by Crippen LogP contribution is -2.10. The zero-order valence-corrected chi connectivity index (χ0v) is 17.7. The summed E-state index contributed by atoms with van der Waals surface area (Å²) in [5.41, 5.74) is 1.41. The average Bonchev–Trinajstić information content (AvgIpc) is 2.69. The van der Waals surface area contributed by atoms with Crippen molar-refractivity contribution in [1.29, 1.82) is 0 Å². The highest BCUT2D eigenvalue weighted by Gasteiger charge is 2.19. The number of halogens is 4. The molecule has 1 heterocycles. The van der Waals surface area contributed by atoms with Gasteiger partial charge in [0.25, 0.3) is 0 Å². The molecule has 4 rings (SSSR count). The molecule has 0 bridgehead atoms. The van der Waals surface area contributed by atoms with Crippen LogP contribution in [0.25, 0.3) is 22.3 Å². The summed E-state index contributed by atoms with van der Waals surface area (Å²) >= 11 is 24.2. The van der Waals surface area contributed by atoms with Gasteiger partial charge in [0.2, 0.25) is 11.2 Å². The van der Waals surface area contributed by atoms with Crippen LogP contribution < -0.4 is 10.2 Å². The Balaban J connectivity index is 1.85. The van der Waals surface area contributed by atoms with E-state index >= 15 is 0 Å². The van der Waals surface area contributed by atoms with Crippen molar-refractivity contribution in [1.82, 2.24) is 0 Å². The molecule has 0 spiro atoms. The number of hydrogen-bond acceptors (Lipinski definition) is 3. The minimum atomic E-state index is -0.330. The Morgan fingerprint density at radius 2 is 1.45 bits per heavy atom. The van der Waals surface area contributed by atoms with E-state index in [2.05, 4.69) is 0 Å². The van der Waals surface area contributed by atoms with Gasteiger partial charge in [-0.1, -0.05) is 52.5 Å². The van der Waals surface area contributed by atoms with Gasteiger partial charge in [-0.15, -0.1) is 0 Å². The molecule has 29 heavy (non-hydrogen) atoms. The zero-order chi connectivity index (χ0) is 20.5. The summed E-state index contributed by atoms with van der Waals surface area (Å²) in [4.78, 5) is 13.2. The number of fused-ring (bicyclic) bond motifs is 1. The largest absolute Gasteiger partial charge is 0.481 e. The Labute approximate surface area is 186 Å². The van der Waals surface area contributed by atoms with Crippen molar-refractivity contribution in [2.75, 3.05) is 0 Å². The molecule has 0 saturated carbocycles. The average molecular weight is 466 g/mol. The number of hydrogen-bond donors (Lipinski definition) is 0. The van der Waals surface area contributed by atoms with Gasteiger partial charge in [-0.2, -0.15) is 0 Å². The summed E-state index contributed by atoms with van der Waals surface area (Å²) in [7, 11) is 0. The molecule has 3 nitrogen and oxygen atoms in total. The van der Waals surface area contributed by atoms with Crippen LogP contribution in [-0.2, 0) is 6.61 Å². The van der Waals surface area contributed by atoms with Crippen LogP contribution in [0.5, 0.6) is 5.75 Å². The number of rotatable bonds is 4. The van der Waals surface area contributed by atoms with Gasteiger partial charge in [0.05, 0.1) is 5.39 Å². The monoisotopic (exact) mass is 464 g/mol. The maximum absolute atomic E-state index is 13.2. The molecule has 0 radical (unpaired) electrons. The normalized spacial score (nSPS) is 11.0. The molecule has 0 atom stereocenters. The summed E-state index contributed by atoms with van der Waals surface area (Å²) in [6.07, 6.45) is 0. The molecule has 3 aromatic carbocycles. The van der Waals surface area contributed by atoms with Crippen LogP contribution in [0.4, 0.5) is 0 Å². The molecule has 4 aromatic rings. The van der Waals surface area contributed by atoms with E-state index in [4.69, 9.17) is 55.6 Å². The van der Waals surface area contributed by atoms with Gasteiger partial charge in [0.1, 0.15) is 12.2 Å². The third-order valence-electron chi connectivity index (χ3n) is 4.30. The van der Waals surface area contributed by atoms with E-state index in [1.165, 1.54) is 0 Å². The molecule has 0 N–H and O–H groups in total. The van der Waals surface area contributed by atoms with Crippen LogP contribution in [0, 0.1) is 0 Å². The van der Waals surface area contributed by atoms with E-state index in [0.717, 1.165) is 0 Å². The van der Waals surface area contributed by atoms with Crippen molar-refractivity contribution in [3.63, 3.8) is 0 Å². The van der Waals surface area contributed by atoms with Crippen LogP contribution in [0.3, 0.4) is 0 Å². The van der Waals surface area contributed by atoms with Crippen LogP contribution >= 0.6 is 46.4 Å². The van der Waals surface area contributed by atoms with Crippen molar-refractivity contribution in [2.45, 2.75) is 6.61 Å². The third kappa shape index (κ3) is 4.24. The molecule has 1 aromatic heterocycles. The Morgan fingerprint density at radius 3 is 2.17 bits per heavy atom. The standard InChI is InChI=1S/C22H12Cl4O3/c23-14-4-1-12(2-5-14)21-22(28-11-13-3-6-16(25)10-18(13)26)20(27)17-9-15(24)7-8-19(17)29-21/h1-10H,11H2. The highest BCUT2D eigenvalue weighted by atomic mass is 35.5. The van der Waals surface area contributed by atoms with Gasteiger partial charge in [-0.05, 0) is 54.6 Å². The molecular weight excluding hydrogens is 454 g/mol. The molecule has 0 aliphatic rings. The number of benzene rings is 3. The molecule has 0 saturated heterocycles. The quantitative estimate of drug-likeness (QED) is 0.310. The Kier molecular flexibility index (Phi) is 5.75. The van der Waals surface area contributed by atoms with E-state index in [9.17, 15) is 4.79 Å². The smallest absolute Gasteiger partial charge is 0.235 e. The minimum absolute atomic E-state index is 0.0629. The molecule has 0 aliphatic carbocycles. The molecule has 0 aliphatic heterocycles. The summed E-state index contributed by atoms with van der Waals surface area (Å²) in [6, 6.07) is 16.9. The molecule has 0 unspecified atom stereocenters. The van der Waals surface area contributed by atoms with Gasteiger partial charge >= 0.3 is 0 Å². The van der Waals surface area contributed by atoms with Gasteiger partial charge in [0.15, 0.2) is 5.76 Å². The summed E-state index contributed by atoms with van der Waals surface area (Å²) in [6.45, 7) is 0.0629. The lowest BCUT2D eigenvalue weighted by atomic mass is 10.1. The van der Waals surface area contributed by atoms with Gasteiger partial charge < -0.3 is 9.15 Å². The van der Waals surface area contributed by atoms with Crippen molar-refractivity contribution in [3.05, 3.63) is 96.5 Å². The van der Waals surface area contributed by atoms with Gasteiger partial charge in [0, 0.05) is 31.2 Å². The Hall–Kier alpha value is -2.17. The fourth-order valence-corrected chi connectivity index (χ4v) is 3.62. The van der Waals surface area contributed by atoms with Crippen LogP contribution in [-0.4, -0.2) is 0 Å².